The standard InChI is InChI=1S/C24H24NO5/c1-23(2)12-14(13-24(3,4)25(23)29)30-22(28)18-11-7-10-17-19(18)21(27)16-9-6-5-8-15(16)20(17)26/h5-11,14H,12-13H2,1-4H3. The third kappa shape index (κ3) is 3.16. The fraction of sp³-hybridized carbons (Fsp3) is 0.375. The first-order chi connectivity index (χ1) is 14.0. The summed E-state index contributed by atoms with van der Waals surface area (Å²) in [4.78, 5) is 39.1. The third-order valence-corrected chi connectivity index (χ3v) is 6.00. The summed E-state index contributed by atoms with van der Waals surface area (Å²) in [5.41, 5.74) is -0.361. The molecule has 2 aromatic rings. The van der Waals surface area contributed by atoms with Crippen LogP contribution in [0.25, 0.3) is 0 Å². The summed E-state index contributed by atoms with van der Waals surface area (Å²) in [6, 6.07) is 11.3. The van der Waals surface area contributed by atoms with Gasteiger partial charge in [0.2, 0.25) is 0 Å². The minimum atomic E-state index is -0.687. The number of rotatable bonds is 2. The van der Waals surface area contributed by atoms with E-state index in [-0.39, 0.29) is 33.8 Å². The number of hydroxylamine groups is 2. The topological polar surface area (TPSA) is 83.6 Å². The maximum atomic E-state index is 13.1. The number of benzene rings is 2. The Bertz CT molecular complexity index is 1050. The molecule has 0 saturated carbocycles. The molecule has 155 valence electrons. The highest BCUT2D eigenvalue weighted by molar-refractivity contribution is 6.30. The Kier molecular flexibility index (Phi) is 4.67. The lowest BCUT2D eigenvalue weighted by Crippen LogP contribution is -2.60. The molecule has 0 bridgehead atoms. The largest absolute Gasteiger partial charge is 0.459 e. The summed E-state index contributed by atoms with van der Waals surface area (Å²) in [5, 5.41) is 13.6. The molecule has 0 spiro atoms. The summed E-state index contributed by atoms with van der Waals surface area (Å²) in [6.45, 7) is 7.30. The van der Waals surface area contributed by atoms with Gasteiger partial charge in [-0.05, 0) is 33.8 Å². The molecule has 0 aromatic heterocycles. The van der Waals surface area contributed by atoms with E-state index in [2.05, 4.69) is 0 Å². The van der Waals surface area contributed by atoms with Gasteiger partial charge < -0.3 is 4.74 Å². The Labute approximate surface area is 175 Å². The second-order valence-electron chi connectivity index (χ2n) is 9.29. The van der Waals surface area contributed by atoms with Crippen LogP contribution in [0.4, 0.5) is 0 Å². The first-order valence-corrected chi connectivity index (χ1v) is 10.0. The van der Waals surface area contributed by atoms with Crippen LogP contribution in [0.3, 0.4) is 0 Å². The molecule has 1 aliphatic carbocycles. The fourth-order valence-electron chi connectivity index (χ4n) is 4.78. The zero-order valence-electron chi connectivity index (χ0n) is 17.5. The van der Waals surface area contributed by atoms with E-state index in [1.807, 2.05) is 27.7 Å². The highest BCUT2D eigenvalue weighted by Gasteiger charge is 2.47. The molecule has 4 rings (SSSR count). The normalized spacial score (nSPS) is 20.4. The van der Waals surface area contributed by atoms with Crippen LogP contribution < -0.4 is 0 Å². The van der Waals surface area contributed by atoms with E-state index in [1.165, 1.54) is 6.07 Å². The first kappa shape index (κ1) is 20.4. The number of carbonyl (C=O) groups is 3. The quantitative estimate of drug-likeness (QED) is 0.601. The number of nitrogens with zero attached hydrogens (tertiary/aromatic N) is 1. The van der Waals surface area contributed by atoms with Crippen LogP contribution in [0.15, 0.2) is 42.5 Å². The maximum absolute atomic E-state index is 13.1. The molecular weight excluding hydrogens is 382 g/mol. The predicted octanol–water partition coefficient (Wildman–Crippen LogP) is 3.99. The van der Waals surface area contributed by atoms with Gasteiger partial charge in [-0.1, -0.05) is 36.4 Å². The van der Waals surface area contributed by atoms with Crippen molar-refractivity contribution in [2.45, 2.75) is 57.7 Å². The molecule has 1 aliphatic heterocycles. The molecule has 0 N–H and O–H groups in total. The summed E-state index contributed by atoms with van der Waals surface area (Å²) in [7, 11) is 0. The predicted molar refractivity (Wildman–Crippen MR) is 109 cm³/mol. The van der Waals surface area contributed by atoms with Crippen molar-refractivity contribution in [2.75, 3.05) is 0 Å². The van der Waals surface area contributed by atoms with Crippen LogP contribution >= 0.6 is 0 Å². The summed E-state index contributed by atoms with van der Waals surface area (Å²) >= 11 is 0. The minimum Gasteiger partial charge on any atom is -0.459 e. The van der Waals surface area contributed by atoms with E-state index in [1.54, 1.807) is 36.4 Å². The molecule has 1 radical (unpaired) electrons. The van der Waals surface area contributed by atoms with E-state index in [9.17, 15) is 19.6 Å². The lowest BCUT2D eigenvalue weighted by Gasteiger charge is -2.49. The zero-order chi connectivity index (χ0) is 21.8. The fourth-order valence-corrected chi connectivity index (χ4v) is 4.78. The van der Waals surface area contributed by atoms with E-state index in [0.717, 1.165) is 5.06 Å². The van der Waals surface area contributed by atoms with Crippen molar-refractivity contribution in [3.63, 3.8) is 0 Å². The number of carbonyl (C=O) groups excluding carboxylic acids is 3. The Morgan fingerprint density at radius 2 is 1.40 bits per heavy atom. The van der Waals surface area contributed by atoms with Gasteiger partial charge >= 0.3 is 5.97 Å². The molecule has 0 amide bonds. The molecule has 1 fully saturated rings. The van der Waals surface area contributed by atoms with Gasteiger partial charge in [-0.25, -0.2) is 4.79 Å². The lowest BCUT2D eigenvalue weighted by atomic mass is 9.80. The van der Waals surface area contributed by atoms with Crippen molar-refractivity contribution in [2.24, 2.45) is 0 Å². The SMILES string of the molecule is CC1(C)CC(OC(=O)c2cccc3c2C(=O)c2ccccc2C3=O)CC(C)(C)N1[O]. The molecular formula is C24H24NO5. The van der Waals surface area contributed by atoms with Crippen LogP contribution in [0.2, 0.25) is 0 Å². The smallest absolute Gasteiger partial charge is 0.339 e. The van der Waals surface area contributed by atoms with Gasteiger partial charge in [0.1, 0.15) is 6.10 Å². The Morgan fingerprint density at radius 3 is 2.00 bits per heavy atom. The average molecular weight is 406 g/mol. The Morgan fingerprint density at radius 1 is 0.867 bits per heavy atom. The lowest BCUT2D eigenvalue weighted by molar-refractivity contribution is -0.298. The minimum absolute atomic E-state index is 0.0838. The number of ketones is 2. The second kappa shape index (κ2) is 6.86. The van der Waals surface area contributed by atoms with Crippen LogP contribution in [-0.2, 0) is 9.94 Å². The van der Waals surface area contributed by atoms with Crippen molar-refractivity contribution in [3.8, 4) is 0 Å². The number of hydrogen-bond donors (Lipinski definition) is 0. The molecule has 1 saturated heterocycles. The number of esters is 1. The van der Waals surface area contributed by atoms with Crippen molar-refractivity contribution in [1.29, 1.82) is 0 Å². The summed E-state index contributed by atoms with van der Waals surface area (Å²) in [5.74, 6) is -1.29. The maximum Gasteiger partial charge on any atom is 0.339 e. The summed E-state index contributed by atoms with van der Waals surface area (Å²) in [6.07, 6.45) is 0.303. The van der Waals surface area contributed by atoms with Gasteiger partial charge in [-0.2, -0.15) is 0 Å². The van der Waals surface area contributed by atoms with Gasteiger partial charge in [-0.3, -0.25) is 9.59 Å². The number of hydrogen-bond acceptors (Lipinski definition) is 5. The molecule has 6 heteroatoms. The van der Waals surface area contributed by atoms with Gasteiger partial charge in [0.15, 0.2) is 11.6 Å². The second-order valence-corrected chi connectivity index (χ2v) is 9.29. The Hall–Kier alpha value is -2.83. The van der Waals surface area contributed by atoms with Crippen molar-refractivity contribution in [3.05, 3.63) is 70.3 Å². The van der Waals surface area contributed by atoms with E-state index >= 15 is 0 Å². The van der Waals surface area contributed by atoms with Crippen molar-refractivity contribution >= 4 is 17.5 Å². The molecule has 2 aliphatic rings. The monoisotopic (exact) mass is 406 g/mol. The molecule has 2 aromatic carbocycles. The van der Waals surface area contributed by atoms with Gasteiger partial charge in [0.25, 0.3) is 0 Å². The van der Waals surface area contributed by atoms with Crippen LogP contribution in [0.1, 0.15) is 82.7 Å². The number of piperidine rings is 1. The zero-order valence-corrected chi connectivity index (χ0v) is 17.5. The highest BCUT2D eigenvalue weighted by atomic mass is 16.5. The Balaban J connectivity index is 1.67. The van der Waals surface area contributed by atoms with Gasteiger partial charge in [0, 0.05) is 46.2 Å². The van der Waals surface area contributed by atoms with Crippen LogP contribution in [0.5, 0.6) is 0 Å². The van der Waals surface area contributed by atoms with Crippen molar-refractivity contribution < 1.29 is 24.3 Å². The number of ether oxygens (including phenoxy) is 1. The first-order valence-electron chi connectivity index (χ1n) is 10.0. The van der Waals surface area contributed by atoms with Crippen molar-refractivity contribution in [1.82, 2.24) is 5.06 Å². The average Bonchev–Trinajstić information content (AvgIpc) is 2.69. The summed E-state index contributed by atoms with van der Waals surface area (Å²) < 4.78 is 5.77. The molecule has 1 heterocycles. The number of fused-ring (bicyclic) bond motifs is 2. The molecule has 0 unspecified atom stereocenters. The van der Waals surface area contributed by atoms with Gasteiger partial charge in [-0.15, -0.1) is 10.3 Å². The van der Waals surface area contributed by atoms with Crippen LogP contribution in [-0.4, -0.2) is 39.8 Å². The third-order valence-electron chi connectivity index (χ3n) is 6.00. The van der Waals surface area contributed by atoms with E-state index in [0.29, 0.717) is 18.4 Å². The van der Waals surface area contributed by atoms with E-state index in [4.69, 9.17) is 4.74 Å². The van der Waals surface area contributed by atoms with Crippen LogP contribution in [0, 0.1) is 0 Å². The molecule has 0 atom stereocenters. The highest BCUT2D eigenvalue weighted by Crippen LogP contribution is 2.39. The molecule has 6 nitrogen and oxygen atoms in total. The van der Waals surface area contributed by atoms with Gasteiger partial charge in [0.05, 0.1) is 5.56 Å². The molecule has 30 heavy (non-hydrogen) atoms. The van der Waals surface area contributed by atoms with E-state index < -0.39 is 23.2 Å².